The molecule has 0 saturated heterocycles. The number of benzene rings is 1. The van der Waals surface area contributed by atoms with Crippen LogP contribution in [0.25, 0.3) is 0 Å². The Kier molecular flexibility index (Phi) is 2.71. The van der Waals surface area contributed by atoms with Gasteiger partial charge in [-0.05, 0) is 55.4 Å². The van der Waals surface area contributed by atoms with Crippen LogP contribution < -0.4 is 0 Å². The van der Waals surface area contributed by atoms with E-state index in [2.05, 4.69) is 11.1 Å². The van der Waals surface area contributed by atoms with Gasteiger partial charge in [0.1, 0.15) is 11.3 Å². The number of aryl methyl sites for hydroxylation is 2. The second-order valence-corrected chi connectivity index (χ2v) is 5.43. The maximum atomic E-state index is 10.7. The quantitative estimate of drug-likeness (QED) is 0.641. The van der Waals surface area contributed by atoms with Crippen molar-refractivity contribution in [3.05, 3.63) is 28.8 Å². The molecular formula is C15H17NO2. The van der Waals surface area contributed by atoms with E-state index in [-0.39, 0.29) is 0 Å². The first kappa shape index (κ1) is 11.5. The van der Waals surface area contributed by atoms with Gasteiger partial charge in [0.05, 0.1) is 0 Å². The fourth-order valence-corrected chi connectivity index (χ4v) is 3.47. The first-order chi connectivity index (χ1) is 8.75. The molecule has 1 N–H and O–H groups in total. The van der Waals surface area contributed by atoms with Gasteiger partial charge >= 0.3 is 0 Å². The molecule has 94 valence electrons. The van der Waals surface area contributed by atoms with E-state index in [0.29, 0.717) is 5.75 Å². The van der Waals surface area contributed by atoms with Gasteiger partial charge in [0, 0.05) is 5.56 Å². The zero-order chi connectivity index (χ0) is 12.6. The second kappa shape index (κ2) is 4.25. The van der Waals surface area contributed by atoms with Gasteiger partial charge < -0.3 is 5.11 Å². The van der Waals surface area contributed by atoms with Gasteiger partial charge in [-0.2, -0.15) is 4.99 Å². The zero-order valence-electron chi connectivity index (χ0n) is 10.4. The zero-order valence-corrected chi connectivity index (χ0v) is 10.4. The molecule has 3 heteroatoms. The lowest BCUT2D eigenvalue weighted by Gasteiger charge is -2.24. The third-order valence-corrected chi connectivity index (χ3v) is 4.40. The molecule has 0 amide bonds. The van der Waals surface area contributed by atoms with E-state index in [9.17, 15) is 9.90 Å². The SMILES string of the molecule is O=C=NC1(c2cc3c(cc2O)CCC3)CCCC1. The van der Waals surface area contributed by atoms with Crippen LogP contribution in [0, 0.1) is 0 Å². The van der Waals surface area contributed by atoms with E-state index in [1.165, 1.54) is 11.1 Å². The van der Waals surface area contributed by atoms with Crippen LogP contribution in [-0.4, -0.2) is 11.2 Å². The standard InChI is InChI=1S/C15H17NO2/c17-10-16-15(6-1-2-7-15)13-8-11-4-3-5-12(11)9-14(13)18/h8-9,18H,1-7H2. The normalized spacial score (nSPS) is 20.4. The maximum Gasteiger partial charge on any atom is 0.235 e. The monoisotopic (exact) mass is 243 g/mol. The van der Waals surface area contributed by atoms with E-state index in [0.717, 1.165) is 50.5 Å². The van der Waals surface area contributed by atoms with Crippen LogP contribution in [0.1, 0.15) is 48.8 Å². The molecule has 2 aliphatic rings. The number of phenolic OH excluding ortho intramolecular Hbond substituents is 1. The lowest BCUT2D eigenvalue weighted by Crippen LogP contribution is -2.19. The summed E-state index contributed by atoms with van der Waals surface area (Å²) < 4.78 is 0. The fraction of sp³-hybridized carbons (Fsp3) is 0.533. The molecule has 1 aromatic rings. The molecule has 0 heterocycles. The summed E-state index contributed by atoms with van der Waals surface area (Å²) in [6.45, 7) is 0. The van der Waals surface area contributed by atoms with Crippen molar-refractivity contribution in [3.63, 3.8) is 0 Å². The number of isocyanates is 1. The minimum Gasteiger partial charge on any atom is -0.508 e. The number of fused-ring (bicyclic) bond motifs is 1. The molecule has 0 atom stereocenters. The molecule has 0 aliphatic heterocycles. The van der Waals surface area contributed by atoms with Gasteiger partial charge in [0.15, 0.2) is 0 Å². The smallest absolute Gasteiger partial charge is 0.235 e. The Morgan fingerprint density at radius 2 is 1.78 bits per heavy atom. The Hall–Kier alpha value is -1.60. The van der Waals surface area contributed by atoms with E-state index >= 15 is 0 Å². The summed E-state index contributed by atoms with van der Waals surface area (Å²) in [5.41, 5.74) is 2.89. The number of hydrogen-bond donors (Lipinski definition) is 1. The molecule has 1 fully saturated rings. The van der Waals surface area contributed by atoms with Crippen molar-refractivity contribution < 1.29 is 9.90 Å². The summed E-state index contributed by atoms with van der Waals surface area (Å²) >= 11 is 0. The maximum absolute atomic E-state index is 10.7. The first-order valence-corrected chi connectivity index (χ1v) is 6.69. The molecule has 1 aromatic carbocycles. The highest BCUT2D eigenvalue weighted by Crippen LogP contribution is 2.46. The Morgan fingerprint density at radius 1 is 1.11 bits per heavy atom. The summed E-state index contributed by atoms with van der Waals surface area (Å²) in [4.78, 5) is 14.8. The Labute approximate surface area is 107 Å². The van der Waals surface area contributed by atoms with E-state index in [1.54, 1.807) is 6.08 Å². The summed E-state index contributed by atoms with van der Waals surface area (Å²) in [6.07, 6.45) is 8.78. The number of rotatable bonds is 2. The topological polar surface area (TPSA) is 49.7 Å². The summed E-state index contributed by atoms with van der Waals surface area (Å²) in [6, 6.07) is 3.95. The van der Waals surface area contributed by atoms with Crippen molar-refractivity contribution in [1.82, 2.24) is 0 Å². The lowest BCUT2D eigenvalue weighted by atomic mass is 9.86. The summed E-state index contributed by atoms with van der Waals surface area (Å²) in [5, 5.41) is 10.2. The van der Waals surface area contributed by atoms with E-state index < -0.39 is 5.54 Å². The van der Waals surface area contributed by atoms with Crippen molar-refractivity contribution in [3.8, 4) is 5.75 Å². The Morgan fingerprint density at radius 3 is 2.44 bits per heavy atom. The summed E-state index contributed by atoms with van der Waals surface area (Å²) in [7, 11) is 0. The number of nitrogens with zero attached hydrogens (tertiary/aromatic N) is 1. The molecular weight excluding hydrogens is 226 g/mol. The van der Waals surface area contributed by atoms with Crippen LogP contribution in [0.4, 0.5) is 0 Å². The van der Waals surface area contributed by atoms with Gasteiger partial charge in [0.2, 0.25) is 6.08 Å². The Balaban J connectivity index is 2.12. The third kappa shape index (κ3) is 1.67. The van der Waals surface area contributed by atoms with Gasteiger partial charge in [-0.1, -0.05) is 12.8 Å². The molecule has 0 spiro atoms. The van der Waals surface area contributed by atoms with Gasteiger partial charge in [-0.3, -0.25) is 0 Å². The highest BCUT2D eigenvalue weighted by molar-refractivity contribution is 5.49. The van der Waals surface area contributed by atoms with E-state index in [1.807, 2.05) is 6.07 Å². The van der Waals surface area contributed by atoms with Crippen LogP contribution in [-0.2, 0) is 23.2 Å². The fourth-order valence-electron chi connectivity index (χ4n) is 3.47. The van der Waals surface area contributed by atoms with Crippen molar-refractivity contribution in [2.24, 2.45) is 4.99 Å². The predicted octanol–water partition coefficient (Wildman–Crippen LogP) is 2.99. The van der Waals surface area contributed by atoms with E-state index in [4.69, 9.17) is 0 Å². The summed E-state index contributed by atoms with van der Waals surface area (Å²) in [5.74, 6) is 0.302. The van der Waals surface area contributed by atoms with Crippen LogP contribution in [0.3, 0.4) is 0 Å². The van der Waals surface area contributed by atoms with Gasteiger partial charge in [0.25, 0.3) is 0 Å². The second-order valence-electron chi connectivity index (χ2n) is 5.43. The molecule has 3 nitrogen and oxygen atoms in total. The van der Waals surface area contributed by atoms with Gasteiger partial charge in [-0.25, -0.2) is 4.79 Å². The number of carbonyl (C=O) groups excluding carboxylic acids is 1. The minimum absolute atomic E-state index is 0.302. The third-order valence-electron chi connectivity index (χ3n) is 4.40. The lowest BCUT2D eigenvalue weighted by molar-refractivity contribution is 0.408. The molecule has 18 heavy (non-hydrogen) atoms. The predicted molar refractivity (Wildman–Crippen MR) is 68.4 cm³/mol. The highest BCUT2D eigenvalue weighted by atomic mass is 16.3. The van der Waals surface area contributed by atoms with Crippen LogP contribution >= 0.6 is 0 Å². The number of aromatic hydroxyl groups is 1. The molecule has 0 unspecified atom stereocenters. The van der Waals surface area contributed by atoms with Crippen molar-refractivity contribution >= 4 is 6.08 Å². The highest BCUT2D eigenvalue weighted by Gasteiger charge is 2.38. The van der Waals surface area contributed by atoms with Crippen LogP contribution in [0.2, 0.25) is 0 Å². The number of aliphatic imine (C=N–C) groups is 1. The van der Waals surface area contributed by atoms with Gasteiger partial charge in [-0.15, -0.1) is 0 Å². The molecule has 0 bridgehead atoms. The van der Waals surface area contributed by atoms with Crippen molar-refractivity contribution in [2.45, 2.75) is 50.5 Å². The average Bonchev–Trinajstić information content (AvgIpc) is 2.97. The molecule has 0 aromatic heterocycles. The number of hydrogen-bond acceptors (Lipinski definition) is 3. The molecule has 2 aliphatic carbocycles. The molecule has 0 radical (unpaired) electrons. The van der Waals surface area contributed by atoms with Crippen LogP contribution in [0.15, 0.2) is 17.1 Å². The number of phenols is 1. The largest absolute Gasteiger partial charge is 0.508 e. The first-order valence-electron chi connectivity index (χ1n) is 6.69. The van der Waals surface area contributed by atoms with Crippen molar-refractivity contribution in [1.29, 1.82) is 0 Å². The molecule has 1 saturated carbocycles. The van der Waals surface area contributed by atoms with Crippen LogP contribution in [0.5, 0.6) is 5.75 Å². The minimum atomic E-state index is -0.510. The average molecular weight is 243 g/mol. The Bertz CT molecular complexity index is 524. The van der Waals surface area contributed by atoms with Crippen molar-refractivity contribution in [2.75, 3.05) is 0 Å². The molecule has 3 rings (SSSR count).